The van der Waals surface area contributed by atoms with Crippen LogP contribution in [0.3, 0.4) is 0 Å². The first-order chi connectivity index (χ1) is 15.3. The minimum absolute atomic E-state index is 0.00534. The van der Waals surface area contributed by atoms with Gasteiger partial charge in [0.05, 0.1) is 31.6 Å². The van der Waals surface area contributed by atoms with Crippen molar-refractivity contribution < 1.29 is 22.6 Å². The highest BCUT2D eigenvalue weighted by Gasteiger charge is 2.30. The quantitative estimate of drug-likeness (QED) is 0.272. The van der Waals surface area contributed by atoms with Crippen LogP contribution in [0.15, 0.2) is 29.3 Å². The van der Waals surface area contributed by atoms with Gasteiger partial charge in [-0.3, -0.25) is 0 Å². The Morgan fingerprint density at radius 3 is 2.44 bits per heavy atom. The number of ether oxygens (including phenoxy) is 3. The molecule has 0 radical (unpaired) electrons. The van der Waals surface area contributed by atoms with Crippen LogP contribution in [0.25, 0.3) is 0 Å². The Balaban J connectivity index is 1.92. The van der Waals surface area contributed by atoms with Gasteiger partial charge >= 0.3 is 0 Å². The monoisotopic (exact) mass is 470 g/mol. The topological polar surface area (TPSA) is 101 Å². The maximum atomic E-state index is 12.8. The Labute approximate surface area is 192 Å². The number of hydrogen-bond acceptors (Lipinski definition) is 6. The van der Waals surface area contributed by atoms with E-state index in [9.17, 15) is 8.42 Å². The van der Waals surface area contributed by atoms with Crippen molar-refractivity contribution in [3.8, 4) is 5.75 Å². The first kappa shape index (κ1) is 26.4. The van der Waals surface area contributed by atoms with E-state index in [2.05, 4.69) is 15.6 Å². The fourth-order valence-electron chi connectivity index (χ4n) is 3.39. The standard InChI is InChI=1S/C22H38N4O5S/c1-5-30-13-6-11-23-22(25-15-20-7-9-21(29-4)10-8-20)24-12-14-32(27,28)26-16-18(2)31-19(3)17-26/h7-10,18-19H,5-6,11-17H2,1-4H3,(H2,23,24,25)/t18-,19-/m1/s1. The van der Waals surface area contributed by atoms with Gasteiger partial charge in [0, 0.05) is 39.4 Å². The summed E-state index contributed by atoms with van der Waals surface area (Å²) in [5.41, 5.74) is 1.03. The molecule has 0 unspecified atom stereocenters. The summed E-state index contributed by atoms with van der Waals surface area (Å²) in [5.74, 6) is 1.37. The number of hydrogen-bond donors (Lipinski definition) is 2. The Bertz CT molecular complexity index is 791. The molecule has 2 N–H and O–H groups in total. The molecule has 0 spiro atoms. The molecule has 0 saturated carbocycles. The van der Waals surface area contributed by atoms with E-state index in [0.29, 0.717) is 45.4 Å². The minimum atomic E-state index is -3.38. The van der Waals surface area contributed by atoms with Crippen LogP contribution < -0.4 is 15.4 Å². The number of methoxy groups -OCH3 is 1. The highest BCUT2D eigenvalue weighted by Crippen LogP contribution is 2.15. The van der Waals surface area contributed by atoms with Gasteiger partial charge in [0.15, 0.2) is 5.96 Å². The van der Waals surface area contributed by atoms with Crippen molar-refractivity contribution in [2.45, 2.75) is 45.9 Å². The molecule has 1 aromatic rings. The molecule has 0 amide bonds. The number of nitrogens with zero attached hydrogens (tertiary/aromatic N) is 2. The van der Waals surface area contributed by atoms with E-state index in [-0.39, 0.29) is 24.5 Å². The van der Waals surface area contributed by atoms with E-state index >= 15 is 0 Å². The highest BCUT2D eigenvalue weighted by atomic mass is 32.2. The second-order valence-corrected chi connectivity index (χ2v) is 9.90. The molecule has 0 aromatic heterocycles. The Hall–Kier alpha value is -1.88. The highest BCUT2D eigenvalue weighted by molar-refractivity contribution is 7.89. The number of morpholine rings is 1. The maximum absolute atomic E-state index is 12.8. The molecule has 2 atom stereocenters. The maximum Gasteiger partial charge on any atom is 0.216 e. The summed E-state index contributed by atoms with van der Waals surface area (Å²) in [7, 11) is -1.75. The first-order valence-corrected chi connectivity index (χ1v) is 12.8. The van der Waals surface area contributed by atoms with Crippen LogP contribution in [0.2, 0.25) is 0 Å². The zero-order valence-electron chi connectivity index (χ0n) is 19.7. The molecular formula is C22H38N4O5S. The Kier molecular flexibility index (Phi) is 11.2. The molecule has 1 fully saturated rings. The van der Waals surface area contributed by atoms with Gasteiger partial charge in [-0.2, -0.15) is 4.31 Å². The van der Waals surface area contributed by atoms with Crippen LogP contribution in [0.4, 0.5) is 0 Å². The third kappa shape index (κ3) is 9.32. The lowest BCUT2D eigenvalue weighted by atomic mass is 10.2. The smallest absolute Gasteiger partial charge is 0.216 e. The molecule has 1 aliphatic heterocycles. The number of sulfonamides is 1. The molecule has 0 aliphatic carbocycles. The van der Waals surface area contributed by atoms with Crippen molar-refractivity contribution in [3.05, 3.63) is 29.8 Å². The predicted molar refractivity (Wildman–Crippen MR) is 127 cm³/mol. The second kappa shape index (κ2) is 13.6. The van der Waals surface area contributed by atoms with Crippen LogP contribution in [0.5, 0.6) is 5.75 Å². The number of rotatable bonds is 12. The number of benzene rings is 1. The lowest BCUT2D eigenvalue weighted by molar-refractivity contribution is -0.0440. The van der Waals surface area contributed by atoms with E-state index in [4.69, 9.17) is 14.2 Å². The Morgan fingerprint density at radius 2 is 1.81 bits per heavy atom. The van der Waals surface area contributed by atoms with Gasteiger partial charge < -0.3 is 24.8 Å². The van der Waals surface area contributed by atoms with Crippen LogP contribution >= 0.6 is 0 Å². The molecule has 1 aliphatic rings. The third-order valence-corrected chi connectivity index (χ3v) is 6.78. The zero-order valence-corrected chi connectivity index (χ0v) is 20.5. The van der Waals surface area contributed by atoms with E-state index in [1.165, 1.54) is 4.31 Å². The average Bonchev–Trinajstić information content (AvgIpc) is 2.76. The summed E-state index contributed by atoms with van der Waals surface area (Å²) in [6.07, 6.45) is 0.629. The fraction of sp³-hybridized carbons (Fsp3) is 0.682. The van der Waals surface area contributed by atoms with Crippen molar-refractivity contribution in [2.75, 3.05) is 52.3 Å². The predicted octanol–water partition coefficient (Wildman–Crippen LogP) is 1.60. The molecule has 32 heavy (non-hydrogen) atoms. The summed E-state index contributed by atoms with van der Waals surface area (Å²) in [5, 5.41) is 6.41. The molecule has 1 saturated heterocycles. The molecule has 10 heteroatoms. The van der Waals surface area contributed by atoms with Gasteiger partial charge in [-0.25, -0.2) is 13.4 Å². The van der Waals surface area contributed by atoms with E-state index in [1.54, 1.807) is 7.11 Å². The first-order valence-electron chi connectivity index (χ1n) is 11.2. The zero-order chi connectivity index (χ0) is 23.4. The summed E-state index contributed by atoms with van der Waals surface area (Å²) >= 11 is 0. The van der Waals surface area contributed by atoms with Gasteiger partial charge in [0.25, 0.3) is 0 Å². The van der Waals surface area contributed by atoms with E-state index in [0.717, 1.165) is 17.7 Å². The molecule has 1 heterocycles. The molecule has 2 rings (SSSR count). The number of aliphatic imine (C=N–C) groups is 1. The summed E-state index contributed by atoms with van der Waals surface area (Å²) in [6, 6.07) is 7.70. The fourth-order valence-corrected chi connectivity index (χ4v) is 4.88. The van der Waals surface area contributed by atoms with Gasteiger partial charge in [-0.05, 0) is 44.9 Å². The van der Waals surface area contributed by atoms with Crippen LogP contribution in [-0.2, 0) is 26.0 Å². The van der Waals surface area contributed by atoms with Crippen molar-refractivity contribution in [1.29, 1.82) is 0 Å². The number of guanidine groups is 1. The summed E-state index contributed by atoms with van der Waals surface area (Å²) in [4.78, 5) is 4.61. The number of nitrogens with one attached hydrogen (secondary N) is 2. The molecule has 0 bridgehead atoms. The molecular weight excluding hydrogens is 432 g/mol. The second-order valence-electron chi connectivity index (χ2n) is 7.81. The Morgan fingerprint density at radius 1 is 1.16 bits per heavy atom. The van der Waals surface area contributed by atoms with Crippen LogP contribution in [0, 0.1) is 0 Å². The van der Waals surface area contributed by atoms with Gasteiger partial charge in [0.2, 0.25) is 10.0 Å². The lowest BCUT2D eigenvalue weighted by Crippen LogP contribution is -2.50. The van der Waals surface area contributed by atoms with Gasteiger partial charge in [0.1, 0.15) is 5.75 Å². The normalized spacial score (nSPS) is 20.2. The average molecular weight is 471 g/mol. The van der Waals surface area contributed by atoms with Gasteiger partial charge in [-0.1, -0.05) is 12.1 Å². The lowest BCUT2D eigenvalue weighted by Gasteiger charge is -2.34. The third-order valence-electron chi connectivity index (χ3n) is 4.97. The van der Waals surface area contributed by atoms with Crippen LogP contribution in [-0.4, -0.2) is 83.1 Å². The molecule has 182 valence electrons. The van der Waals surface area contributed by atoms with Crippen LogP contribution in [0.1, 0.15) is 32.8 Å². The minimum Gasteiger partial charge on any atom is -0.497 e. The van der Waals surface area contributed by atoms with E-state index in [1.807, 2.05) is 45.0 Å². The van der Waals surface area contributed by atoms with E-state index < -0.39 is 10.0 Å². The summed E-state index contributed by atoms with van der Waals surface area (Å²) in [6.45, 7) is 9.30. The molecule has 9 nitrogen and oxygen atoms in total. The van der Waals surface area contributed by atoms with Gasteiger partial charge in [-0.15, -0.1) is 0 Å². The van der Waals surface area contributed by atoms with Crippen molar-refractivity contribution in [2.24, 2.45) is 4.99 Å². The van der Waals surface area contributed by atoms with Crippen molar-refractivity contribution >= 4 is 16.0 Å². The largest absolute Gasteiger partial charge is 0.497 e. The molecule has 1 aromatic carbocycles. The van der Waals surface area contributed by atoms with Crippen molar-refractivity contribution in [1.82, 2.24) is 14.9 Å². The SMILES string of the molecule is CCOCCCNC(=NCc1ccc(OC)cc1)NCCS(=O)(=O)N1C[C@@H](C)O[C@H](C)C1. The van der Waals surface area contributed by atoms with Crippen molar-refractivity contribution in [3.63, 3.8) is 0 Å². The summed E-state index contributed by atoms with van der Waals surface area (Å²) < 4.78 is 43.3.